The van der Waals surface area contributed by atoms with Crippen molar-refractivity contribution in [1.29, 1.82) is 0 Å². The zero-order valence-electron chi connectivity index (χ0n) is 7.27. The number of amides is 2. The van der Waals surface area contributed by atoms with Gasteiger partial charge in [0, 0.05) is 0 Å². The van der Waals surface area contributed by atoms with Crippen LogP contribution in [-0.2, 0) is 9.63 Å². The molecule has 1 fully saturated rings. The van der Waals surface area contributed by atoms with Crippen LogP contribution in [0.4, 0.5) is 10.5 Å². The van der Waals surface area contributed by atoms with Crippen molar-refractivity contribution in [3.63, 3.8) is 0 Å². The van der Waals surface area contributed by atoms with E-state index in [1.165, 1.54) is 0 Å². The molecule has 72 valence electrons. The highest BCUT2D eigenvalue weighted by atomic mass is 16.7. The normalized spacial score (nSPS) is 16.1. The molecule has 0 unspecified atom stereocenters. The molecule has 1 heterocycles. The number of hydrogen-bond acceptors (Lipinski definition) is 3. The van der Waals surface area contributed by atoms with Gasteiger partial charge in [-0.15, -0.1) is 5.06 Å². The van der Waals surface area contributed by atoms with Gasteiger partial charge in [0.1, 0.15) is 6.54 Å². The van der Waals surface area contributed by atoms with Crippen LogP contribution in [0.3, 0.4) is 0 Å². The lowest BCUT2D eigenvalue weighted by Crippen LogP contribution is -2.49. The Morgan fingerprint density at radius 2 is 1.93 bits per heavy atom. The second-order valence-electron chi connectivity index (χ2n) is 2.76. The number of anilines is 1. The fourth-order valence-electron chi connectivity index (χ4n) is 1.15. The minimum absolute atomic E-state index is 0.0340. The summed E-state index contributed by atoms with van der Waals surface area (Å²) in [4.78, 5) is 26.9. The van der Waals surface area contributed by atoms with E-state index in [-0.39, 0.29) is 12.5 Å². The van der Waals surface area contributed by atoms with E-state index in [0.29, 0.717) is 5.69 Å². The first kappa shape index (κ1) is 8.55. The van der Waals surface area contributed by atoms with Crippen molar-refractivity contribution >= 4 is 17.7 Å². The van der Waals surface area contributed by atoms with Gasteiger partial charge in [-0.3, -0.25) is 4.79 Å². The number of hydroxylamine groups is 1. The van der Waals surface area contributed by atoms with E-state index < -0.39 is 6.09 Å². The van der Waals surface area contributed by atoms with Gasteiger partial charge in [0.25, 0.3) is 5.91 Å². The number of hydrogen-bond donors (Lipinski definition) is 1. The quantitative estimate of drug-likeness (QED) is 0.711. The first-order chi connectivity index (χ1) is 6.77. The largest absolute Gasteiger partial charge is 0.432 e. The van der Waals surface area contributed by atoms with Crippen molar-refractivity contribution in [1.82, 2.24) is 5.32 Å². The van der Waals surface area contributed by atoms with E-state index in [4.69, 9.17) is 4.84 Å². The summed E-state index contributed by atoms with van der Waals surface area (Å²) in [6.07, 6.45) is -0.617. The van der Waals surface area contributed by atoms with E-state index in [1.807, 2.05) is 6.07 Å². The highest BCUT2D eigenvalue weighted by Crippen LogP contribution is 2.15. The molecular weight excluding hydrogens is 184 g/mol. The van der Waals surface area contributed by atoms with Crippen molar-refractivity contribution in [2.24, 2.45) is 0 Å². The molecule has 1 N–H and O–H groups in total. The number of nitrogens with zero attached hydrogens (tertiary/aromatic N) is 1. The lowest BCUT2D eigenvalue weighted by Gasteiger charge is -2.25. The lowest BCUT2D eigenvalue weighted by molar-refractivity contribution is -0.124. The average Bonchev–Trinajstić information content (AvgIpc) is 2.23. The van der Waals surface area contributed by atoms with Gasteiger partial charge in [0.2, 0.25) is 0 Å². The molecule has 5 nitrogen and oxygen atoms in total. The van der Waals surface area contributed by atoms with E-state index >= 15 is 0 Å². The molecule has 1 aromatic rings. The third kappa shape index (κ3) is 1.52. The summed E-state index contributed by atoms with van der Waals surface area (Å²) < 4.78 is 0. The van der Waals surface area contributed by atoms with E-state index in [2.05, 4.69) is 5.32 Å². The summed E-state index contributed by atoms with van der Waals surface area (Å²) in [6, 6.07) is 8.72. The van der Waals surface area contributed by atoms with Gasteiger partial charge in [-0.05, 0) is 12.1 Å². The van der Waals surface area contributed by atoms with Crippen molar-refractivity contribution in [3.05, 3.63) is 30.3 Å². The topological polar surface area (TPSA) is 58.6 Å². The monoisotopic (exact) mass is 192 g/mol. The van der Waals surface area contributed by atoms with Crippen LogP contribution in [-0.4, -0.2) is 18.5 Å². The Labute approximate surface area is 80.2 Å². The minimum atomic E-state index is -0.617. The van der Waals surface area contributed by atoms with Gasteiger partial charge in [0.05, 0.1) is 5.69 Å². The molecule has 1 saturated heterocycles. The van der Waals surface area contributed by atoms with Gasteiger partial charge in [-0.2, -0.15) is 0 Å². The van der Waals surface area contributed by atoms with Gasteiger partial charge in [-0.1, -0.05) is 18.2 Å². The van der Waals surface area contributed by atoms with Crippen LogP contribution in [0.25, 0.3) is 0 Å². The van der Waals surface area contributed by atoms with Crippen molar-refractivity contribution in [3.8, 4) is 0 Å². The van der Waals surface area contributed by atoms with Crippen LogP contribution in [0, 0.1) is 0 Å². The number of rotatable bonds is 1. The number of para-hydroxylation sites is 1. The number of carbonyl (C=O) groups excluding carboxylic acids is 2. The Balaban J connectivity index is 2.24. The Bertz CT molecular complexity index is 364. The van der Waals surface area contributed by atoms with E-state index in [0.717, 1.165) is 5.06 Å². The zero-order valence-corrected chi connectivity index (χ0v) is 7.27. The second kappa shape index (κ2) is 3.37. The summed E-state index contributed by atoms with van der Waals surface area (Å²) in [5.41, 5.74) is 0.548. The smallest absolute Gasteiger partial charge is 0.314 e. The van der Waals surface area contributed by atoms with Crippen molar-refractivity contribution in [2.45, 2.75) is 0 Å². The number of nitrogens with one attached hydrogen (secondary N) is 1. The minimum Gasteiger partial charge on any atom is -0.314 e. The van der Waals surface area contributed by atoms with Crippen LogP contribution in [0.1, 0.15) is 0 Å². The molecule has 0 saturated carbocycles. The van der Waals surface area contributed by atoms with Crippen LogP contribution in [0.15, 0.2) is 30.3 Å². The lowest BCUT2D eigenvalue weighted by atomic mass is 10.3. The van der Waals surface area contributed by atoms with Crippen LogP contribution in [0.2, 0.25) is 0 Å². The summed E-state index contributed by atoms with van der Waals surface area (Å²) >= 11 is 0. The molecule has 0 atom stereocenters. The molecule has 0 aromatic heterocycles. The third-order valence-electron chi connectivity index (χ3n) is 1.78. The molecule has 0 radical (unpaired) electrons. The van der Waals surface area contributed by atoms with Gasteiger partial charge < -0.3 is 10.2 Å². The van der Waals surface area contributed by atoms with E-state index in [9.17, 15) is 9.59 Å². The molecule has 1 aromatic carbocycles. The Morgan fingerprint density at radius 1 is 1.21 bits per heavy atom. The fraction of sp³-hybridized carbons (Fsp3) is 0.111. The summed E-state index contributed by atoms with van der Waals surface area (Å²) in [6.45, 7) is -0.0340. The Kier molecular flexibility index (Phi) is 2.06. The first-order valence-electron chi connectivity index (χ1n) is 4.11. The molecule has 1 aliphatic heterocycles. The highest BCUT2D eigenvalue weighted by molar-refractivity contribution is 5.98. The fourth-order valence-corrected chi connectivity index (χ4v) is 1.15. The summed E-state index contributed by atoms with van der Waals surface area (Å²) in [5, 5.41) is 3.26. The second-order valence-corrected chi connectivity index (χ2v) is 2.76. The Morgan fingerprint density at radius 3 is 2.64 bits per heavy atom. The maximum atomic E-state index is 11.3. The molecular formula is C9H8N2O3. The number of carbonyl (C=O) groups is 2. The maximum absolute atomic E-state index is 11.3. The molecule has 14 heavy (non-hydrogen) atoms. The standard InChI is InChI=1S/C9H8N2O3/c12-8-6-10-9(13)14-11(8)7-4-2-1-3-5-7/h1-5H,6H2,(H,10,13). The van der Waals surface area contributed by atoms with Crippen molar-refractivity contribution in [2.75, 3.05) is 11.6 Å². The maximum Gasteiger partial charge on any atom is 0.432 e. The molecule has 1 aliphatic rings. The molecule has 2 rings (SSSR count). The third-order valence-corrected chi connectivity index (χ3v) is 1.78. The van der Waals surface area contributed by atoms with Crippen LogP contribution >= 0.6 is 0 Å². The van der Waals surface area contributed by atoms with E-state index in [1.54, 1.807) is 24.3 Å². The van der Waals surface area contributed by atoms with Crippen molar-refractivity contribution < 1.29 is 14.4 Å². The number of benzene rings is 1. The van der Waals surface area contributed by atoms with Gasteiger partial charge in [0.15, 0.2) is 0 Å². The molecule has 2 amide bonds. The Hall–Kier alpha value is -2.04. The molecule has 5 heteroatoms. The van der Waals surface area contributed by atoms with Crippen LogP contribution in [0.5, 0.6) is 0 Å². The highest BCUT2D eigenvalue weighted by Gasteiger charge is 2.25. The molecule has 0 aliphatic carbocycles. The summed E-state index contributed by atoms with van der Waals surface area (Å²) in [5.74, 6) is -0.296. The molecule has 0 bridgehead atoms. The average molecular weight is 192 g/mol. The summed E-state index contributed by atoms with van der Waals surface area (Å²) in [7, 11) is 0. The van der Waals surface area contributed by atoms with Gasteiger partial charge in [-0.25, -0.2) is 4.79 Å². The SMILES string of the molecule is O=C1NCC(=O)N(c2ccccc2)O1. The predicted octanol–water partition coefficient (Wildman–Crippen LogP) is 0.674. The van der Waals surface area contributed by atoms with Crippen LogP contribution < -0.4 is 10.4 Å². The zero-order chi connectivity index (χ0) is 9.97. The molecule has 0 spiro atoms. The predicted molar refractivity (Wildman–Crippen MR) is 48.4 cm³/mol. The first-order valence-corrected chi connectivity index (χ1v) is 4.11. The van der Waals surface area contributed by atoms with Gasteiger partial charge >= 0.3 is 6.09 Å².